The van der Waals surface area contributed by atoms with Gasteiger partial charge in [-0.3, -0.25) is 15.1 Å². The number of rotatable bonds is 4. The van der Waals surface area contributed by atoms with Crippen molar-refractivity contribution in [2.24, 2.45) is 11.8 Å². The average molecular weight is 253 g/mol. The van der Waals surface area contributed by atoms with Crippen LogP contribution in [0.1, 0.15) is 29.0 Å². The van der Waals surface area contributed by atoms with E-state index >= 15 is 0 Å². The van der Waals surface area contributed by atoms with Gasteiger partial charge in [-0.2, -0.15) is 0 Å². The van der Waals surface area contributed by atoms with Gasteiger partial charge < -0.3 is 9.52 Å². The Labute approximate surface area is 106 Å². The largest absolute Gasteiger partial charge is 0.467 e. The smallest absolute Gasteiger partial charge is 0.268 e. The zero-order chi connectivity index (χ0) is 13.0. The highest BCUT2D eigenvalue weighted by Crippen LogP contribution is 2.19. The third-order valence-corrected chi connectivity index (χ3v) is 3.29. The number of furan rings is 1. The Kier molecular flexibility index (Phi) is 4.35. The van der Waals surface area contributed by atoms with Gasteiger partial charge in [0.05, 0.1) is 12.1 Å². The maximum absolute atomic E-state index is 11.3. The van der Waals surface area contributed by atoms with Crippen molar-refractivity contribution in [1.82, 2.24) is 10.3 Å². The molecule has 1 atom stereocenters. The maximum atomic E-state index is 11.3. The Morgan fingerprint density at radius 1 is 1.67 bits per heavy atom. The second kappa shape index (κ2) is 5.99. The van der Waals surface area contributed by atoms with Crippen molar-refractivity contribution >= 4 is 5.91 Å². The van der Waals surface area contributed by atoms with Crippen molar-refractivity contribution in [2.75, 3.05) is 19.7 Å². The van der Waals surface area contributed by atoms with E-state index in [9.17, 15) is 4.79 Å². The van der Waals surface area contributed by atoms with E-state index in [1.54, 1.807) is 6.07 Å². The number of likely N-dealkylation sites (tertiary alicyclic amines) is 1. The van der Waals surface area contributed by atoms with E-state index in [0.717, 1.165) is 31.7 Å². The van der Waals surface area contributed by atoms with Crippen molar-refractivity contribution in [3.63, 3.8) is 0 Å². The van der Waals surface area contributed by atoms with Gasteiger partial charge in [0.2, 0.25) is 0 Å². The first kappa shape index (κ1) is 13.1. The molecule has 2 rings (SSSR count). The number of aliphatic hydroxyl groups is 1. The third kappa shape index (κ3) is 3.10. The van der Waals surface area contributed by atoms with Gasteiger partial charge in [0, 0.05) is 13.2 Å². The lowest BCUT2D eigenvalue weighted by molar-refractivity contribution is 0.0953. The number of carbonyl (C=O) groups is 1. The minimum Gasteiger partial charge on any atom is -0.467 e. The van der Waals surface area contributed by atoms with Crippen LogP contribution in [-0.4, -0.2) is 35.6 Å². The van der Waals surface area contributed by atoms with Crippen LogP contribution in [0, 0.1) is 5.92 Å². The topological polar surface area (TPSA) is 91.7 Å². The zero-order valence-electron chi connectivity index (χ0n) is 10.3. The molecule has 6 nitrogen and oxygen atoms in total. The van der Waals surface area contributed by atoms with Gasteiger partial charge in [0.15, 0.2) is 0 Å². The predicted octanol–water partition coefficient (Wildman–Crippen LogP) is 0.0874. The summed E-state index contributed by atoms with van der Waals surface area (Å²) in [6.45, 7) is 2.76. The fourth-order valence-corrected chi connectivity index (χ4v) is 2.33. The van der Waals surface area contributed by atoms with Crippen LogP contribution in [0.25, 0.3) is 0 Å². The van der Waals surface area contributed by atoms with E-state index in [0.29, 0.717) is 18.0 Å². The molecular formula is C12H19N3O3. The van der Waals surface area contributed by atoms with Crippen LogP contribution >= 0.6 is 0 Å². The fourth-order valence-electron chi connectivity index (χ4n) is 2.33. The first-order valence-electron chi connectivity index (χ1n) is 6.14. The van der Waals surface area contributed by atoms with Gasteiger partial charge in [-0.15, -0.1) is 0 Å². The predicted molar refractivity (Wildman–Crippen MR) is 65.4 cm³/mol. The number of hydrogen-bond donors (Lipinski definition) is 3. The molecule has 1 aliphatic heterocycles. The molecule has 6 heteroatoms. The molecule has 0 spiro atoms. The van der Waals surface area contributed by atoms with Crippen LogP contribution in [-0.2, 0) is 6.54 Å². The molecule has 4 N–H and O–H groups in total. The molecule has 100 valence electrons. The lowest BCUT2D eigenvalue weighted by Crippen LogP contribution is -2.36. The van der Waals surface area contributed by atoms with E-state index < -0.39 is 0 Å². The number of aliphatic hydroxyl groups excluding tert-OH is 1. The number of nitrogens with zero attached hydrogens (tertiary/aromatic N) is 1. The molecule has 1 aliphatic rings. The van der Waals surface area contributed by atoms with Crippen LogP contribution in [0.3, 0.4) is 0 Å². The van der Waals surface area contributed by atoms with Gasteiger partial charge >= 0.3 is 0 Å². The molecule has 1 saturated heterocycles. The Hall–Kier alpha value is -1.37. The Bertz CT molecular complexity index is 405. The van der Waals surface area contributed by atoms with Crippen LogP contribution in [0.5, 0.6) is 0 Å². The summed E-state index contributed by atoms with van der Waals surface area (Å²) in [6.07, 6.45) is 3.57. The van der Waals surface area contributed by atoms with Gasteiger partial charge in [-0.25, -0.2) is 5.84 Å². The highest BCUT2D eigenvalue weighted by Gasteiger charge is 2.20. The molecule has 1 fully saturated rings. The molecule has 0 bridgehead atoms. The quantitative estimate of drug-likeness (QED) is 0.402. The molecule has 1 amide bonds. The monoisotopic (exact) mass is 253 g/mol. The Balaban J connectivity index is 1.92. The molecule has 0 aliphatic carbocycles. The molecule has 0 radical (unpaired) electrons. The Morgan fingerprint density at radius 3 is 3.22 bits per heavy atom. The van der Waals surface area contributed by atoms with E-state index in [2.05, 4.69) is 10.3 Å². The van der Waals surface area contributed by atoms with Gasteiger partial charge in [-0.05, 0) is 31.4 Å². The van der Waals surface area contributed by atoms with Crippen LogP contribution < -0.4 is 11.3 Å². The third-order valence-electron chi connectivity index (χ3n) is 3.29. The normalized spacial score (nSPS) is 20.9. The second-order valence-electron chi connectivity index (χ2n) is 4.70. The highest BCUT2D eigenvalue weighted by atomic mass is 16.3. The molecule has 1 aromatic heterocycles. The van der Waals surface area contributed by atoms with Crippen molar-refractivity contribution in [3.8, 4) is 0 Å². The molecule has 0 aromatic carbocycles. The number of nitrogen functional groups attached to an aromatic ring is 1. The summed E-state index contributed by atoms with van der Waals surface area (Å²) in [5.41, 5.74) is 2.50. The number of nitrogens with one attached hydrogen (secondary N) is 1. The molecular weight excluding hydrogens is 234 g/mol. The number of hydrazine groups is 1. The van der Waals surface area contributed by atoms with Gasteiger partial charge in [-0.1, -0.05) is 0 Å². The molecule has 0 saturated carbocycles. The summed E-state index contributed by atoms with van der Waals surface area (Å²) >= 11 is 0. The first-order chi connectivity index (χ1) is 8.72. The number of hydrogen-bond acceptors (Lipinski definition) is 5. The summed E-state index contributed by atoms with van der Waals surface area (Å²) in [4.78, 5) is 13.5. The minimum atomic E-state index is -0.350. The van der Waals surface area contributed by atoms with E-state index in [4.69, 9.17) is 15.4 Å². The standard InChI is InChI=1S/C12H19N3O3/c13-14-12(17)10-4-11(18-8-10)6-15-3-1-2-9(5-15)7-16/h4,8-9,16H,1-3,5-7,13H2,(H,14,17). The van der Waals surface area contributed by atoms with Crippen molar-refractivity contribution in [2.45, 2.75) is 19.4 Å². The minimum absolute atomic E-state index is 0.232. The van der Waals surface area contributed by atoms with E-state index in [1.807, 2.05) is 0 Å². The lowest BCUT2D eigenvalue weighted by atomic mass is 9.99. The molecule has 1 unspecified atom stereocenters. The number of amides is 1. The first-order valence-corrected chi connectivity index (χ1v) is 6.14. The van der Waals surface area contributed by atoms with Gasteiger partial charge in [0.1, 0.15) is 12.0 Å². The molecule has 1 aromatic rings. The van der Waals surface area contributed by atoms with Gasteiger partial charge in [0.25, 0.3) is 5.91 Å². The average Bonchev–Trinajstić information content (AvgIpc) is 2.86. The van der Waals surface area contributed by atoms with Crippen molar-refractivity contribution < 1.29 is 14.3 Å². The molecule has 2 heterocycles. The zero-order valence-corrected chi connectivity index (χ0v) is 10.3. The molecule has 18 heavy (non-hydrogen) atoms. The van der Waals surface area contributed by atoms with Crippen molar-refractivity contribution in [1.29, 1.82) is 0 Å². The summed E-state index contributed by atoms with van der Waals surface area (Å²) in [5, 5.41) is 9.17. The maximum Gasteiger partial charge on any atom is 0.268 e. The number of piperidine rings is 1. The summed E-state index contributed by atoms with van der Waals surface area (Å²) in [6, 6.07) is 1.70. The Morgan fingerprint density at radius 2 is 2.50 bits per heavy atom. The number of carbonyl (C=O) groups excluding carboxylic acids is 1. The summed E-state index contributed by atoms with van der Waals surface area (Å²) in [7, 11) is 0. The van der Waals surface area contributed by atoms with Crippen molar-refractivity contribution in [3.05, 3.63) is 23.7 Å². The lowest BCUT2D eigenvalue weighted by Gasteiger charge is -2.30. The highest BCUT2D eigenvalue weighted by molar-refractivity contribution is 5.93. The van der Waals surface area contributed by atoms with E-state index in [-0.39, 0.29) is 12.5 Å². The van der Waals surface area contributed by atoms with Crippen LogP contribution in [0.2, 0.25) is 0 Å². The van der Waals surface area contributed by atoms with E-state index in [1.165, 1.54) is 6.26 Å². The second-order valence-corrected chi connectivity index (χ2v) is 4.70. The summed E-state index contributed by atoms with van der Waals surface area (Å²) in [5.74, 6) is 5.79. The SMILES string of the molecule is NNC(=O)c1coc(CN2CCCC(CO)C2)c1. The summed E-state index contributed by atoms with van der Waals surface area (Å²) < 4.78 is 5.34. The van der Waals surface area contributed by atoms with Crippen LogP contribution in [0.4, 0.5) is 0 Å². The fraction of sp³-hybridized carbons (Fsp3) is 0.583. The number of nitrogens with two attached hydrogens (primary N) is 1. The van der Waals surface area contributed by atoms with Crippen LogP contribution in [0.15, 0.2) is 16.7 Å².